The van der Waals surface area contributed by atoms with Crippen LogP contribution in [0.3, 0.4) is 0 Å². The van der Waals surface area contributed by atoms with Crippen molar-refractivity contribution in [2.75, 3.05) is 30.0 Å². The van der Waals surface area contributed by atoms with Crippen molar-refractivity contribution in [3.8, 4) is 0 Å². The number of primary amides is 1. The highest BCUT2D eigenvalue weighted by molar-refractivity contribution is 5.87. The van der Waals surface area contributed by atoms with Gasteiger partial charge in [-0.05, 0) is 19.1 Å². The molecule has 0 saturated carbocycles. The van der Waals surface area contributed by atoms with Gasteiger partial charge in [0.25, 0.3) is 0 Å². The van der Waals surface area contributed by atoms with Gasteiger partial charge in [0.2, 0.25) is 0 Å². The molecule has 1 aliphatic heterocycles. The fraction of sp³-hybridized carbons (Fsp3) is 0.455. The van der Waals surface area contributed by atoms with Crippen molar-refractivity contribution in [2.45, 2.75) is 13.0 Å². The van der Waals surface area contributed by atoms with Crippen LogP contribution in [0.25, 0.3) is 0 Å². The van der Waals surface area contributed by atoms with E-state index in [1.165, 1.54) is 0 Å². The van der Waals surface area contributed by atoms with Gasteiger partial charge in [0.1, 0.15) is 5.82 Å². The molecule has 1 aliphatic rings. The first-order valence-electron chi connectivity index (χ1n) is 5.53. The van der Waals surface area contributed by atoms with E-state index < -0.39 is 6.03 Å². The Bertz CT molecular complexity index is 393. The first-order valence-corrected chi connectivity index (χ1v) is 5.53. The summed E-state index contributed by atoms with van der Waals surface area (Å²) in [4.78, 5) is 17.1. The highest BCUT2D eigenvalue weighted by Gasteiger charge is 2.19. The molecule has 1 aromatic rings. The van der Waals surface area contributed by atoms with E-state index in [1.807, 2.05) is 6.07 Å². The number of nitrogens with one attached hydrogen (secondary N) is 1. The van der Waals surface area contributed by atoms with Crippen molar-refractivity contribution in [2.24, 2.45) is 5.73 Å². The number of hydrogen-bond donors (Lipinski definition) is 2. The lowest BCUT2D eigenvalue weighted by atomic mass is 10.2. The van der Waals surface area contributed by atoms with Crippen molar-refractivity contribution in [3.05, 3.63) is 18.3 Å². The number of hydrogen-bond acceptors (Lipinski definition) is 4. The van der Waals surface area contributed by atoms with Crippen LogP contribution in [-0.2, 0) is 4.74 Å². The van der Waals surface area contributed by atoms with Crippen LogP contribution >= 0.6 is 0 Å². The van der Waals surface area contributed by atoms with Gasteiger partial charge < -0.3 is 20.7 Å². The summed E-state index contributed by atoms with van der Waals surface area (Å²) >= 11 is 0. The van der Waals surface area contributed by atoms with E-state index in [4.69, 9.17) is 10.5 Å². The molecule has 2 rings (SSSR count). The largest absolute Gasteiger partial charge is 0.377 e. The molecule has 0 radical (unpaired) electrons. The normalized spacial score (nSPS) is 20.1. The number of nitrogens with zero attached hydrogens (tertiary/aromatic N) is 2. The van der Waals surface area contributed by atoms with E-state index in [9.17, 15) is 4.79 Å². The second-order valence-electron chi connectivity index (χ2n) is 4.01. The summed E-state index contributed by atoms with van der Waals surface area (Å²) in [7, 11) is 0. The Morgan fingerprint density at radius 1 is 1.65 bits per heavy atom. The molecule has 6 heteroatoms. The topological polar surface area (TPSA) is 80.5 Å². The van der Waals surface area contributed by atoms with Gasteiger partial charge in [-0.1, -0.05) is 0 Å². The number of pyridine rings is 1. The molecule has 6 nitrogen and oxygen atoms in total. The van der Waals surface area contributed by atoms with Crippen molar-refractivity contribution >= 4 is 17.5 Å². The van der Waals surface area contributed by atoms with Crippen LogP contribution in [0.1, 0.15) is 6.92 Å². The molecular weight excluding hydrogens is 220 g/mol. The Labute approximate surface area is 99.8 Å². The molecule has 0 bridgehead atoms. The molecule has 1 atom stereocenters. The fourth-order valence-electron chi connectivity index (χ4n) is 1.84. The minimum atomic E-state index is -0.584. The van der Waals surface area contributed by atoms with Crippen LogP contribution in [0.4, 0.5) is 16.3 Å². The fourth-order valence-corrected chi connectivity index (χ4v) is 1.84. The number of aromatic nitrogens is 1. The van der Waals surface area contributed by atoms with Gasteiger partial charge in [-0.15, -0.1) is 0 Å². The summed E-state index contributed by atoms with van der Waals surface area (Å²) in [6, 6.07) is 3.38. The molecule has 1 aromatic heterocycles. The predicted octanol–water partition coefficient (Wildman–Crippen LogP) is 0.797. The van der Waals surface area contributed by atoms with E-state index in [-0.39, 0.29) is 0 Å². The van der Waals surface area contributed by atoms with Crippen LogP contribution < -0.4 is 16.0 Å². The molecule has 0 spiro atoms. The first-order chi connectivity index (χ1) is 8.16. The zero-order chi connectivity index (χ0) is 12.3. The number of rotatable bonds is 2. The Morgan fingerprint density at radius 3 is 3.06 bits per heavy atom. The number of ether oxygens (including phenoxy) is 1. The number of urea groups is 1. The zero-order valence-corrected chi connectivity index (χ0v) is 9.72. The predicted molar refractivity (Wildman–Crippen MR) is 65.1 cm³/mol. The third-order valence-electron chi connectivity index (χ3n) is 2.68. The highest BCUT2D eigenvalue weighted by atomic mass is 16.5. The molecule has 3 N–H and O–H groups in total. The SMILES string of the molecule is C[C@H]1COCCN1c1ccc(NC(N)=O)cn1. The van der Waals surface area contributed by atoms with Crippen LogP contribution in [0.2, 0.25) is 0 Å². The van der Waals surface area contributed by atoms with Crippen LogP contribution in [0.5, 0.6) is 0 Å². The molecule has 0 unspecified atom stereocenters. The van der Waals surface area contributed by atoms with E-state index >= 15 is 0 Å². The molecule has 2 heterocycles. The number of carbonyl (C=O) groups is 1. The minimum absolute atomic E-state index is 0.311. The average molecular weight is 236 g/mol. The average Bonchev–Trinajstić information content (AvgIpc) is 2.30. The lowest BCUT2D eigenvalue weighted by Gasteiger charge is -2.34. The van der Waals surface area contributed by atoms with Gasteiger partial charge in [-0.25, -0.2) is 9.78 Å². The Kier molecular flexibility index (Phi) is 3.43. The summed E-state index contributed by atoms with van der Waals surface area (Å²) < 4.78 is 5.37. The number of nitrogens with two attached hydrogens (primary N) is 1. The summed E-state index contributed by atoms with van der Waals surface area (Å²) in [6.07, 6.45) is 1.60. The minimum Gasteiger partial charge on any atom is -0.377 e. The molecule has 1 saturated heterocycles. The molecule has 1 fully saturated rings. The van der Waals surface area contributed by atoms with E-state index in [1.54, 1.807) is 12.3 Å². The Morgan fingerprint density at radius 2 is 2.47 bits per heavy atom. The lowest BCUT2D eigenvalue weighted by molar-refractivity contribution is 0.0985. The molecular formula is C11H16N4O2. The zero-order valence-electron chi connectivity index (χ0n) is 9.72. The maximum Gasteiger partial charge on any atom is 0.316 e. The standard InChI is InChI=1S/C11H16N4O2/c1-8-7-17-5-4-15(8)10-3-2-9(6-13-10)14-11(12)16/h2-3,6,8H,4-5,7H2,1H3,(H3,12,14,16)/t8-/m0/s1. The second-order valence-corrected chi connectivity index (χ2v) is 4.01. The van der Waals surface area contributed by atoms with Gasteiger partial charge in [0.15, 0.2) is 0 Å². The van der Waals surface area contributed by atoms with Crippen LogP contribution in [0.15, 0.2) is 18.3 Å². The van der Waals surface area contributed by atoms with E-state index in [0.29, 0.717) is 24.9 Å². The Hall–Kier alpha value is -1.82. The summed E-state index contributed by atoms with van der Waals surface area (Å²) in [5.41, 5.74) is 5.62. The van der Waals surface area contributed by atoms with Gasteiger partial charge >= 0.3 is 6.03 Å². The van der Waals surface area contributed by atoms with Crippen molar-refractivity contribution < 1.29 is 9.53 Å². The van der Waals surface area contributed by atoms with Gasteiger partial charge in [0.05, 0.1) is 31.1 Å². The number of amides is 2. The summed E-state index contributed by atoms with van der Waals surface area (Å²) in [6.45, 7) is 4.35. The lowest BCUT2D eigenvalue weighted by Crippen LogP contribution is -2.44. The third kappa shape index (κ3) is 2.85. The molecule has 0 aromatic carbocycles. The maximum atomic E-state index is 10.7. The van der Waals surface area contributed by atoms with Crippen LogP contribution in [-0.4, -0.2) is 36.8 Å². The van der Waals surface area contributed by atoms with Crippen LogP contribution in [0, 0.1) is 0 Å². The molecule has 17 heavy (non-hydrogen) atoms. The quantitative estimate of drug-likeness (QED) is 0.795. The molecule has 92 valence electrons. The number of anilines is 2. The number of carbonyl (C=O) groups excluding carboxylic acids is 1. The first kappa shape index (κ1) is 11.7. The van der Waals surface area contributed by atoms with Crippen molar-refractivity contribution in [3.63, 3.8) is 0 Å². The Balaban J connectivity index is 2.08. The van der Waals surface area contributed by atoms with E-state index in [2.05, 4.69) is 22.1 Å². The van der Waals surface area contributed by atoms with Gasteiger partial charge in [0, 0.05) is 6.54 Å². The van der Waals surface area contributed by atoms with Gasteiger partial charge in [-0.3, -0.25) is 0 Å². The van der Waals surface area contributed by atoms with E-state index in [0.717, 1.165) is 12.4 Å². The smallest absolute Gasteiger partial charge is 0.316 e. The third-order valence-corrected chi connectivity index (χ3v) is 2.68. The monoisotopic (exact) mass is 236 g/mol. The summed E-state index contributed by atoms with van der Waals surface area (Å²) in [5.74, 6) is 0.885. The highest BCUT2D eigenvalue weighted by Crippen LogP contribution is 2.18. The second kappa shape index (κ2) is 5.01. The van der Waals surface area contributed by atoms with Crippen molar-refractivity contribution in [1.82, 2.24) is 4.98 Å². The molecule has 0 aliphatic carbocycles. The summed E-state index contributed by atoms with van der Waals surface area (Å²) in [5, 5.41) is 2.48. The van der Waals surface area contributed by atoms with Crippen molar-refractivity contribution in [1.29, 1.82) is 0 Å². The molecule has 2 amide bonds. The maximum absolute atomic E-state index is 10.7. The van der Waals surface area contributed by atoms with Gasteiger partial charge in [-0.2, -0.15) is 0 Å². The number of morpholine rings is 1.